The summed E-state index contributed by atoms with van der Waals surface area (Å²) in [6, 6.07) is 4.58. The SMILES string of the molecule is Cc1cc(N[Si](C)(C)C)c(N[Si](C)(C)C)cc1C. The third-order valence-corrected chi connectivity index (χ3v) is 4.69. The minimum Gasteiger partial charge on any atom is -0.409 e. The average Bonchev–Trinajstić information content (AvgIpc) is 2.08. The second-order valence-corrected chi connectivity index (χ2v) is 16.7. The van der Waals surface area contributed by atoms with Crippen LogP contribution in [0.4, 0.5) is 11.4 Å². The zero-order valence-electron chi connectivity index (χ0n) is 13.2. The lowest BCUT2D eigenvalue weighted by atomic mass is 10.1. The van der Waals surface area contributed by atoms with Crippen LogP contribution in [0.3, 0.4) is 0 Å². The predicted molar refractivity (Wildman–Crippen MR) is 89.9 cm³/mol. The Kier molecular flexibility index (Phi) is 4.33. The summed E-state index contributed by atoms with van der Waals surface area (Å²) in [5, 5.41) is 0. The molecule has 2 nitrogen and oxygen atoms in total. The van der Waals surface area contributed by atoms with E-state index in [4.69, 9.17) is 0 Å². The van der Waals surface area contributed by atoms with E-state index in [-0.39, 0.29) is 0 Å². The first-order valence-electron chi connectivity index (χ1n) is 6.65. The first-order chi connectivity index (χ1) is 7.98. The topological polar surface area (TPSA) is 24.1 Å². The molecule has 0 amide bonds. The Balaban J connectivity index is 3.17. The maximum absolute atomic E-state index is 3.74. The van der Waals surface area contributed by atoms with Gasteiger partial charge in [-0.1, -0.05) is 39.3 Å². The van der Waals surface area contributed by atoms with Crippen molar-refractivity contribution in [3.8, 4) is 0 Å². The fraction of sp³-hybridized carbons (Fsp3) is 0.571. The Hall–Kier alpha value is -0.746. The molecule has 0 atom stereocenters. The first-order valence-corrected chi connectivity index (χ1v) is 13.7. The van der Waals surface area contributed by atoms with Gasteiger partial charge in [0, 0.05) is 11.4 Å². The number of rotatable bonds is 4. The van der Waals surface area contributed by atoms with Crippen LogP contribution in [0, 0.1) is 13.8 Å². The normalized spacial score (nSPS) is 12.4. The van der Waals surface area contributed by atoms with Crippen LogP contribution in [0.25, 0.3) is 0 Å². The summed E-state index contributed by atoms with van der Waals surface area (Å²) < 4.78 is 0. The van der Waals surface area contributed by atoms with E-state index in [2.05, 4.69) is 75.2 Å². The van der Waals surface area contributed by atoms with E-state index in [0.29, 0.717) is 0 Å². The van der Waals surface area contributed by atoms with Gasteiger partial charge in [-0.15, -0.1) is 0 Å². The molecule has 0 aliphatic rings. The Labute approximate surface area is 114 Å². The number of anilines is 2. The van der Waals surface area contributed by atoms with Crippen molar-refractivity contribution in [3.63, 3.8) is 0 Å². The van der Waals surface area contributed by atoms with Crippen LogP contribution in [-0.2, 0) is 0 Å². The van der Waals surface area contributed by atoms with Gasteiger partial charge in [0.1, 0.15) is 16.5 Å². The van der Waals surface area contributed by atoms with Crippen molar-refractivity contribution in [3.05, 3.63) is 23.3 Å². The molecule has 1 rings (SSSR count). The molecular formula is C14H28N2Si2. The van der Waals surface area contributed by atoms with Crippen molar-refractivity contribution in [1.82, 2.24) is 0 Å². The molecule has 1 aromatic rings. The third kappa shape index (κ3) is 4.86. The standard InChI is InChI=1S/C14H28N2Si2/c1-11-9-13(15-17(3,4)5)14(10-12(11)2)16-18(6,7)8/h9-10,15-16H,1-8H3. The molecule has 0 heterocycles. The molecule has 4 heteroatoms. The van der Waals surface area contributed by atoms with E-state index in [9.17, 15) is 0 Å². The van der Waals surface area contributed by atoms with E-state index in [1.165, 1.54) is 22.5 Å². The average molecular weight is 281 g/mol. The van der Waals surface area contributed by atoms with Crippen molar-refractivity contribution < 1.29 is 0 Å². The lowest BCUT2D eigenvalue weighted by Gasteiger charge is -2.27. The summed E-state index contributed by atoms with van der Waals surface area (Å²) in [4.78, 5) is 7.48. The summed E-state index contributed by atoms with van der Waals surface area (Å²) in [5.74, 6) is 0. The molecule has 0 unspecified atom stereocenters. The van der Waals surface area contributed by atoms with E-state index >= 15 is 0 Å². The zero-order valence-corrected chi connectivity index (χ0v) is 15.2. The van der Waals surface area contributed by atoms with Gasteiger partial charge in [-0.2, -0.15) is 0 Å². The number of nitrogens with one attached hydrogen (secondary N) is 2. The van der Waals surface area contributed by atoms with Gasteiger partial charge < -0.3 is 9.96 Å². The molecule has 0 fully saturated rings. The second kappa shape index (κ2) is 5.09. The fourth-order valence-electron chi connectivity index (χ4n) is 1.83. The van der Waals surface area contributed by atoms with Gasteiger partial charge >= 0.3 is 0 Å². The van der Waals surface area contributed by atoms with Gasteiger partial charge in [0.05, 0.1) is 0 Å². The maximum atomic E-state index is 3.74. The summed E-state index contributed by atoms with van der Waals surface area (Å²) in [6.45, 7) is 18.4. The Morgan fingerprint density at radius 2 is 0.944 bits per heavy atom. The largest absolute Gasteiger partial charge is 0.409 e. The van der Waals surface area contributed by atoms with E-state index in [1.807, 2.05) is 0 Å². The summed E-state index contributed by atoms with van der Waals surface area (Å²) >= 11 is 0. The quantitative estimate of drug-likeness (QED) is 0.774. The highest BCUT2D eigenvalue weighted by Gasteiger charge is 2.19. The molecule has 0 aromatic heterocycles. The minimum absolute atomic E-state index is 1.28. The molecule has 0 aliphatic heterocycles. The molecule has 0 saturated heterocycles. The van der Waals surface area contributed by atoms with Crippen molar-refractivity contribution >= 4 is 27.8 Å². The highest BCUT2D eigenvalue weighted by molar-refractivity contribution is 6.80. The van der Waals surface area contributed by atoms with Gasteiger partial charge in [0.2, 0.25) is 0 Å². The van der Waals surface area contributed by atoms with Crippen LogP contribution in [0.2, 0.25) is 39.3 Å². The van der Waals surface area contributed by atoms with Crippen molar-refractivity contribution in [1.29, 1.82) is 0 Å². The van der Waals surface area contributed by atoms with Crippen molar-refractivity contribution in [2.24, 2.45) is 0 Å². The van der Waals surface area contributed by atoms with Crippen LogP contribution in [0.1, 0.15) is 11.1 Å². The smallest absolute Gasteiger partial charge is 0.144 e. The molecule has 0 spiro atoms. The highest BCUT2D eigenvalue weighted by atomic mass is 28.3. The van der Waals surface area contributed by atoms with Crippen LogP contribution >= 0.6 is 0 Å². The fourth-order valence-corrected chi connectivity index (χ4v) is 3.86. The number of aryl methyl sites for hydroxylation is 2. The van der Waals surface area contributed by atoms with Crippen molar-refractivity contribution in [2.45, 2.75) is 53.1 Å². The monoisotopic (exact) mass is 280 g/mol. The lowest BCUT2D eigenvalue weighted by Crippen LogP contribution is -2.35. The maximum Gasteiger partial charge on any atom is 0.144 e. The Bertz CT molecular complexity index is 388. The minimum atomic E-state index is -1.32. The van der Waals surface area contributed by atoms with Gasteiger partial charge in [-0.3, -0.25) is 0 Å². The molecule has 1 aromatic carbocycles. The number of benzene rings is 1. The molecule has 0 radical (unpaired) electrons. The van der Waals surface area contributed by atoms with Gasteiger partial charge in [-0.25, -0.2) is 0 Å². The van der Waals surface area contributed by atoms with Crippen LogP contribution in [0.15, 0.2) is 12.1 Å². The molecule has 0 bridgehead atoms. The first kappa shape index (κ1) is 15.3. The number of hydrogen-bond donors (Lipinski definition) is 2. The van der Waals surface area contributed by atoms with E-state index in [1.54, 1.807) is 0 Å². The van der Waals surface area contributed by atoms with E-state index in [0.717, 1.165) is 0 Å². The summed E-state index contributed by atoms with van der Waals surface area (Å²) in [7, 11) is -2.64. The molecular weight excluding hydrogens is 252 g/mol. The summed E-state index contributed by atoms with van der Waals surface area (Å²) in [6.07, 6.45) is 0. The Morgan fingerprint density at radius 3 is 1.17 bits per heavy atom. The summed E-state index contributed by atoms with van der Waals surface area (Å²) in [5.41, 5.74) is 5.27. The molecule has 0 aliphatic carbocycles. The third-order valence-electron chi connectivity index (χ3n) is 2.65. The predicted octanol–water partition coefficient (Wildman–Crippen LogP) is 4.80. The van der Waals surface area contributed by atoms with Gasteiger partial charge in [0.25, 0.3) is 0 Å². The number of hydrogen-bond acceptors (Lipinski definition) is 2. The lowest BCUT2D eigenvalue weighted by molar-refractivity contribution is 1.33. The Morgan fingerprint density at radius 1 is 0.667 bits per heavy atom. The highest BCUT2D eigenvalue weighted by Crippen LogP contribution is 2.29. The molecule has 2 N–H and O–H groups in total. The van der Waals surface area contributed by atoms with E-state index < -0.39 is 16.5 Å². The molecule has 102 valence electrons. The molecule has 18 heavy (non-hydrogen) atoms. The van der Waals surface area contributed by atoms with Crippen LogP contribution < -0.4 is 9.96 Å². The zero-order chi connectivity index (χ0) is 14.1. The van der Waals surface area contributed by atoms with Gasteiger partial charge in [-0.05, 0) is 37.1 Å². The van der Waals surface area contributed by atoms with Crippen LogP contribution in [-0.4, -0.2) is 16.5 Å². The van der Waals surface area contributed by atoms with Crippen LogP contribution in [0.5, 0.6) is 0 Å². The van der Waals surface area contributed by atoms with Crippen molar-refractivity contribution in [2.75, 3.05) is 9.96 Å². The van der Waals surface area contributed by atoms with Gasteiger partial charge in [0.15, 0.2) is 0 Å². The molecule has 0 saturated carbocycles. The second-order valence-electron chi connectivity index (χ2n) is 7.23.